The maximum absolute atomic E-state index is 12.6. The fraction of sp³-hybridized carbons (Fsp3) is 0.400. The van der Waals surface area contributed by atoms with Crippen molar-refractivity contribution in [3.8, 4) is 5.75 Å². The molecule has 1 saturated heterocycles. The van der Waals surface area contributed by atoms with E-state index in [-0.39, 0.29) is 17.7 Å². The largest absolute Gasteiger partial charge is 0.435 e. The van der Waals surface area contributed by atoms with Gasteiger partial charge in [0.1, 0.15) is 11.6 Å². The van der Waals surface area contributed by atoms with Crippen molar-refractivity contribution >= 4 is 23.3 Å². The van der Waals surface area contributed by atoms with Crippen molar-refractivity contribution < 1.29 is 18.3 Å². The summed E-state index contributed by atoms with van der Waals surface area (Å²) in [5.74, 6) is 0.503. The minimum Gasteiger partial charge on any atom is -0.435 e. The van der Waals surface area contributed by atoms with Crippen LogP contribution < -0.4 is 10.1 Å². The first-order valence-electron chi connectivity index (χ1n) is 9.20. The summed E-state index contributed by atoms with van der Waals surface area (Å²) in [7, 11) is 0. The standard InChI is InChI=1S/C20H22ClF2N3O2/c1-13(14-5-7-16(8-6-14)28-20(22)23)25-18-17(21)11-15(12-24-18)19(27)26-9-3-2-4-10-26/h5-8,11-13,20H,2-4,9-10H2,1H3,(H,24,25). The van der Waals surface area contributed by atoms with Crippen LogP contribution in [0.1, 0.15) is 48.1 Å². The number of rotatable bonds is 6. The summed E-state index contributed by atoms with van der Waals surface area (Å²) in [5, 5.41) is 3.53. The van der Waals surface area contributed by atoms with E-state index in [1.54, 1.807) is 18.2 Å². The zero-order valence-corrected chi connectivity index (χ0v) is 16.3. The maximum atomic E-state index is 12.6. The minimum atomic E-state index is -2.85. The molecule has 0 aliphatic carbocycles. The molecular weight excluding hydrogens is 388 g/mol. The molecule has 1 atom stereocenters. The second kappa shape index (κ2) is 9.19. The Hall–Kier alpha value is -2.41. The number of aromatic nitrogens is 1. The minimum absolute atomic E-state index is 0.0525. The van der Waals surface area contributed by atoms with Crippen molar-refractivity contribution in [1.29, 1.82) is 0 Å². The molecule has 2 aromatic rings. The lowest BCUT2D eigenvalue weighted by molar-refractivity contribution is -0.0498. The van der Waals surface area contributed by atoms with Crippen molar-refractivity contribution in [3.63, 3.8) is 0 Å². The Labute approximate surface area is 167 Å². The van der Waals surface area contributed by atoms with Gasteiger partial charge in [0.2, 0.25) is 0 Å². The highest BCUT2D eigenvalue weighted by atomic mass is 35.5. The number of hydrogen-bond acceptors (Lipinski definition) is 4. The lowest BCUT2D eigenvalue weighted by Gasteiger charge is -2.26. The van der Waals surface area contributed by atoms with Crippen LogP contribution in [0.5, 0.6) is 5.75 Å². The van der Waals surface area contributed by atoms with E-state index in [1.165, 1.54) is 18.3 Å². The van der Waals surface area contributed by atoms with Crippen LogP contribution >= 0.6 is 11.6 Å². The van der Waals surface area contributed by atoms with Crippen molar-refractivity contribution in [2.45, 2.75) is 38.8 Å². The van der Waals surface area contributed by atoms with E-state index in [0.717, 1.165) is 37.9 Å². The number of alkyl halides is 2. The molecule has 0 radical (unpaired) electrons. The van der Waals surface area contributed by atoms with E-state index in [4.69, 9.17) is 11.6 Å². The van der Waals surface area contributed by atoms with Gasteiger partial charge in [0.05, 0.1) is 10.6 Å². The summed E-state index contributed by atoms with van der Waals surface area (Å²) in [6, 6.07) is 7.80. The molecule has 28 heavy (non-hydrogen) atoms. The molecule has 8 heteroatoms. The molecule has 2 heterocycles. The number of anilines is 1. The molecule has 0 bridgehead atoms. The zero-order valence-electron chi connectivity index (χ0n) is 15.5. The number of ether oxygens (including phenoxy) is 1. The molecule has 0 spiro atoms. The zero-order chi connectivity index (χ0) is 20.1. The van der Waals surface area contributed by atoms with Crippen LogP contribution in [0.15, 0.2) is 36.5 Å². The van der Waals surface area contributed by atoms with Crippen molar-refractivity contribution in [3.05, 3.63) is 52.7 Å². The SMILES string of the molecule is CC(Nc1ncc(C(=O)N2CCCCC2)cc1Cl)c1ccc(OC(F)F)cc1. The summed E-state index contributed by atoms with van der Waals surface area (Å²) in [6.45, 7) is 0.571. The highest BCUT2D eigenvalue weighted by Crippen LogP contribution is 2.27. The molecule has 0 saturated carbocycles. The first-order chi connectivity index (χ1) is 13.4. The Bertz CT molecular complexity index is 812. The first kappa shape index (κ1) is 20.3. The number of benzene rings is 1. The third-order valence-electron chi connectivity index (χ3n) is 4.69. The fourth-order valence-corrected chi connectivity index (χ4v) is 3.39. The normalized spacial score (nSPS) is 15.4. The topological polar surface area (TPSA) is 54.5 Å². The Balaban J connectivity index is 1.66. The van der Waals surface area contributed by atoms with Crippen molar-refractivity contribution in [2.75, 3.05) is 18.4 Å². The predicted octanol–water partition coefficient (Wildman–Crippen LogP) is 5.14. The number of nitrogens with zero attached hydrogens (tertiary/aromatic N) is 2. The molecule has 3 rings (SSSR count). The second-order valence-electron chi connectivity index (χ2n) is 6.72. The van der Waals surface area contributed by atoms with Crippen LogP contribution in [-0.4, -0.2) is 35.5 Å². The van der Waals surface area contributed by atoms with Crippen molar-refractivity contribution in [1.82, 2.24) is 9.88 Å². The van der Waals surface area contributed by atoms with E-state index in [9.17, 15) is 13.6 Å². The Kier molecular flexibility index (Phi) is 6.67. The molecule has 1 aliphatic rings. The second-order valence-corrected chi connectivity index (χ2v) is 7.13. The van der Waals surface area contributed by atoms with E-state index in [0.29, 0.717) is 16.4 Å². The number of piperidine rings is 1. The van der Waals surface area contributed by atoms with Crippen LogP contribution in [-0.2, 0) is 0 Å². The summed E-state index contributed by atoms with van der Waals surface area (Å²) >= 11 is 6.33. The number of amides is 1. The summed E-state index contributed by atoms with van der Waals surface area (Å²) in [4.78, 5) is 18.7. The van der Waals surface area contributed by atoms with Crippen molar-refractivity contribution in [2.24, 2.45) is 0 Å². The third kappa shape index (κ3) is 5.10. The molecule has 1 unspecified atom stereocenters. The molecule has 5 nitrogen and oxygen atoms in total. The molecule has 1 aromatic heterocycles. The number of pyridine rings is 1. The summed E-state index contributed by atoms with van der Waals surface area (Å²) in [5.41, 5.74) is 1.33. The maximum Gasteiger partial charge on any atom is 0.387 e. The molecule has 1 aliphatic heterocycles. The highest BCUT2D eigenvalue weighted by Gasteiger charge is 2.20. The molecule has 1 fully saturated rings. The molecule has 1 N–H and O–H groups in total. The number of nitrogens with one attached hydrogen (secondary N) is 1. The molecular formula is C20H22ClF2N3O2. The van der Waals surface area contributed by atoms with Gasteiger partial charge in [0.15, 0.2) is 0 Å². The molecule has 150 valence electrons. The summed E-state index contributed by atoms with van der Waals surface area (Å²) < 4.78 is 28.8. The number of carbonyl (C=O) groups is 1. The fourth-order valence-electron chi connectivity index (χ4n) is 3.17. The van der Waals surface area contributed by atoms with E-state index < -0.39 is 6.61 Å². The monoisotopic (exact) mass is 409 g/mol. The van der Waals surface area contributed by atoms with Crippen LogP contribution in [0.3, 0.4) is 0 Å². The average molecular weight is 410 g/mol. The summed E-state index contributed by atoms with van der Waals surface area (Å²) in [6.07, 6.45) is 4.71. The van der Waals surface area contributed by atoms with Gasteiger partial charge in [-0.15, -0.1) is 0 Å². The number of hydrogen-bond donors (Lipinski definition) is 1. The number of carbonyl (C=O) groups excluding carboxylic acids is 1. The third-order valence-corrected chi connectivity index (χ3v) is 4.98. The van der Waals surface area contributed by atoms with E-state index in [2.05, 4.69) is 15.0 Å². The van der Waals surface area contributed by atoms with Crippen LogP contribution in [0.2, 0.25) is 5.02 Å². The Morgan fingerprint density at radius 3 is 2.50 bits per heavy atom. The Morgan fingerprint density at radius 2 is 1.89 bits per heavy atom. The molecule has 1 aromatic carbocycles. The Morgan fingerprint density at radius 1 is 1.21 bits per heavy atom. The smallest absolute Gasteiger partial charge is 0.387 e. The molecule has 1 amide bonds. The van der Waals surface area contributed by atoms with Crippen LogP contribution in [0.4, 0.5) is 14.6 Å². The van der Waals surface area contributed by atoms with Gasteiger partial charge in [-0.1, -0.05) is 23.7 Å². The van der Waals surface area contributed by atoms with Gasteiger partial charge in [0.25, 0.3) is 5.91 Å². The van der Waals surface area contributed by atoms with Gasteiger partial charge in [-0.3, -0.25) is 4.79 Å². The van der Waals surface area contributed by atoms with Crippen LogP contribution in [0, 0.1) is 0 Å². The lowest BCUT2D eigenvalue weighted by Crippen LogP contribution is -2.35. The van der Waals surface area contributed by atoms with Gasteiger partial charge in [-0.2, -0.15) is 8.78 Å². The van der Waals surface area contributed by atoms with E-state index >= 15 is 0 Å². The lowest BCUT2D eigenvalue weighted by atomic mass is 10.1. The quantitative estimate of drug-likeness (QED) is 0.718. The highest BCUT2D eigenvalue weighted by molar-refractivity contribution is 6.33. The van der Waals surface area contributed by atoms with Gasteiger partial charge >= 0.3 is 6.61 Å². The van der Waals surface area contributed by atoms with Gasteiger partial charge in [-0.25, -0.2) is 4.98 Å². The first-order valence-corrected chi connectivity index (χ1v) is 9.58. The van der Waals surface area contributed by atoms with Gasteiger partial charge in [0, 0.05) is 25.3 Å². The average Bonchev–Trinajstić information content (AvgIpc) is 2.69. The van der Waals surface area contributed by atoms with Crippen LogP contribution in [0.25, 0.3) is 0 Å². The van der Waals surface area contributed by atoms with Gasteiger partial charge < -0.3 is 15.0 Å². The predicted molar refractivity (Wildman–Crippen MR) is 104 cm³/mol. The number of likely N-dealkylation sites (tertiary alicyclic amines) is 1. The number of halogens is 3. The van der Waals surface area contributed by atoms with Gasteiger partial charge in [-0.05, 0) is 49.9 Å². The van der Waals surface area contributed by atoms with E-state index in [1.807, 2.05) is 11.8 Å².